The van der Waals surface area contributed by atoms with Crippen LogP contribution in [0.3, 0.4) is 0 Å². The third-order valence-electron chi connectivity index (χ3n) is 8.85. The lowest BCUT2D eigenvalue weighted by atomic mass is 9.76. The lowest BCUT2D eigenvalue weighted by Crippen LogP contribution is -2.44. The topological polar surface area (TPSA) is 67.8 Å². The standard InChI is InChI=1S/C35H37F4NO4/c1-5-40-32(33(41)42)23-14-16-35(38,39)27-11-13-29(31(37)30(23)27)44-19-20-8-10-22(25-18-21(43-4)9-12-28(25)36)24(17-20)26-7-6-15-34(26,2)3/h7-13,17-18,23,32,40H,5-6,14-16,19H2,1-4H3,(H,41,42). The van der Waals surface area contributed by atoms with Gasteiger partial charge in [-0.15, -0.1) is 0 Å². The SMILES string of the molecule is CCNC(C(=O)O)C1CCC(F)(F)c2ccc(OCc3ccc(-c4cc(OC)ccc4F)c(C4=CCCC4(C)C)c3)c(F)c21. The fourth-order valence-corrected chi connectivity index (χ4v) is 6.54. The number of fused-ring (bicyclic) bond motifs is 1. The Balaban J connectivity index is 1.52. The molecule has 0 bridgehead atoms. The summed E-state index contributed by atoms with van der Waals surface area (Å²) in [5.74, 6) is -6.61. The van der Waals surface area contributed by atoms with Crippen LogP contribution in [-0.4, -0.2) is 30.8 Å². The van der Waals surface area contributed by atoms with Gasteiger partial charge in [-0.05, 0) is 89.9 Å². The van der Waals surface area contributed by atoms with E-state index in [-0.39, 0.29) is 36.3 Å². The van der Waals surface area contributed by atoms with Crippen molar-refractivity contribution >= 4 is 11.5 Å². The van der Waals surface area contributed by atoms with Crippen LogP contribution in [0, 0.1) is 17.0 Å². The van der Waals surface area contributed by atoms with Gasteiger partial charge in [0.1, 0.15) is 24.2 Å². The number of ether oxygens (including phenoxy) is 2. The van der Waals surface area contributed by atoms with Crippen LogP contribution in [-0.2, 0) is 17.3 Å². The predicted molar refractivity (Wildman–Crippen MR) is 161 cm³/mol. The van der Waals surface area contributed by atoms with Gasteiger partial charge in [0.05, 0.1) is 7.11 Å². The van der Waals surface area contributed by atoms with Crippen LogP contribution < -0.4 is 14.8 Å². The summed E-state index contributed by atoms with van der Waals surface area (Å²) in [6.07, 6.45) is 3.18. The van der Waals surface area contributed by atoms with Crippen LogP contribution in [0.5, 0.6) is 11.5 Å². The number of carbonyl (C=O) groups is 1. The maximum Gasteiger partial charge on any atom is 0.321 e. The zero-order valence-corrected chi connectivity index (χ0v) is 25.3. The first-order chi connectivity index (χ1) is 20.9. The molecule has 3 aromatic rings. The first kappa shape index (κ1) is 31.6. The molecular weight excluding hydrogens is 574 g/mol. The number of aliphatic carboxylic acids is 1. The Kier molecular flexibility index (Phi) is 8.80. The molecule has 0 heterocycles. The molecule has 2 unspecified atom stereocenters. The third kappa shape index (κ3) is 5.94. The average Bonchev–Trinajstić information content (AvgIpc) is 3.34. The molecular formula is C35H37F4NO4. The number of carboxylic acids is 1. The average molecular weight is 612 g/mol. The smallest absolute Gasteiger partial charge is 0.321 e. The van der Waals surface area contributed by atoms with Gasteiger partial charge < -0.3 is 19.9 Å². The van der Waals surface area contributed by atoms with Crippen LogP contribution in [0.15, 0.2) is 54.6 Å². The molecule has 3 aromatic carbocycles. The summed E-state index contributed by atoms with van der Waals surface area (Å²) in [6, 6.07) is 11.1. The molecule has 2 atom stereocenters. The number of likely N-dealkylation sites (N-methyl/N-ethyl adjacent to an activating group) is 1. The molecule has 0 saturated carbocycles. The molecule has 2 aliphatic carbocycles. The van der Waals surface area contributed by atoms with E-state index in [1.807, 2.05) is 6.07 Å². The minimum atomic E-state index is -3.29. The molecule has 44 heavy (non-hydrogen) atoms. The number of allylic oxidation sites excluding steroid dienone is 2. The number of carboxylic acid groups (broad SMARTS) is 1. The normalized spacial score (nSPS) is 19.2. The predicted octanol–water partition coefficient (Wildman–Crippen LogP) is 8.45. The number of alkyl halides is 2. The summed E-state index contributed by atoms with van der Waals surface area (Å²) in [5.41, 5.74) is 2.62. The number of hydrogen-bond donors (Lipinski definition) is 2. The van der Waals surface area contributed by atoms with Crippen molar-refractivity contribution in [2.45, 2.75) is 70.9 Å². The van der Waals surface area contributed by atoms with Crippen molar-refractivity contribution in [2.24, 2.45) is 5.41 Å². The summed E-state index contributed by atoms with van der Waals surface area (Å²) in [5, 5.41) is 12.6. The number of halogens is 4. The minimum Gasteiger partial charge on any atom is -0.497 e. The van der Waals surface area contributed by atoms with Gasteiger partial charge in [-0.2, -0.15) is 0 Å². The Morgan fingerprint density at radius 2 is 1.82 bits per heavy atom. The van der Waals surface area contributed by atoms with Crippen molar-refractivity contribution in [1.29, 1.82) is 0 Å². The highest BCUT2D eigenvalue weighted by molar-refractivity contribution is 5.85. The highest BCUT2D eigenvalue weighted by Crippen LogP contribution is 2.50. The van der Waals surface area contributed by atoms with Crippen LogP contribution >= 0.6 is 0 Å². The van der Waals surface area contributed by atoms with Gasteiger partial charge in [-0.25, -0.2) is 17.6 Å². The summed E-state index contributed by atoms with van der Waals surface area (Å²) >= 11 is 0. The van der Waals surface area contributed by atoms with Crippen molar-refractivity contribution in [3.8, 4) is 22.6 Å². The molecule has 0 aromatic heterocycles. The quantitative estimate of drug-likeness (QED) is 0.225. The molecule has 2 N–H and O–H groups in total. The fourth-order valence-electron chi connectivity index (χ4n) is 6.54. The Hall–Kier alpha value is -3.85. The van der Waals surface area contributed by atoms with E-state index in [9.17, 15) is 18.7 Å². The minimum absolute atomic E-state index is 0.0894. The molecule has 0 radical (unpaired) electrons. The second-order valence-corrected chi connectivity index (χ2v) is 12.1. The van der Waals surface area contributed by atoms with Crippen LogP contribution in [0.2, 0.25) is 0 Å². The van der Waals surface area contributed by atoms with Crippen LogP contribution in [0.25, 0.3) is 16.7 Å². The van der Waals surface area contributed by atoms with E-state index >= 15 is 8.78 Å². The van der Waals surface area contributed by atoms with E-state index in [0.717, 1.165) is 30.0 Å². The van der Waals surface area contributed by atoms with Gasteiger partial charge in [0.15, 0.2) is 11.6 Å². The number of methoxy groups -OCH3 is 1. The maximum atomic E-state index is 16.0. The van der Waals surface area contributed by atoms with E-state index in [1.54, 1.807) is 31.2 Å². The van der Waals surface area contributed by atoms with Crippen molar-refractivity contribution in [3.63, 3.8) is 0 Å². The summed E-state index contributed by atoms with van der Waals surface area (Å²) in [7, 11) is 1.52. The lowest BCUT2D eigenvalue weighted by molar-refractivity contribution is -0.140. The molecule has 234 valence electrons. The van der Waals surface area contributed by atoms with Crippen molar-refractivity contribution in [3.05, 3.63) is 88.5 Å². The van der Waals surface area contributed by atoms with E-state index < -0.39 is 47.5 Å². The Labute approximate surface area is 254 Å². The van der Waals surface area contributed by atoms with Crippen LogP contribution in [0.1, 0.15) is 74.6 Å². The number of nitrogens with one attached hydrogen (secondary N) is 1. The largest absolute Gasteiger partial charge is 0.497 e. The van der Waals surface area contributed by atoms with E-state index in [4.69, 9.17) is 9.47 Å². The van der Waals surface area contributed by atoms with E-state index in [0.29, 0.717) is 22.4 Å². The molecule has 5 nitrogen and oxygen atoms in total. The van der Waals surface area contributed by atoms with Crippen molar-refractivity contribution < 1.29 is 36.9 Å². The monoisotopic (exact) mass is 611 g/mol. The first-order valence-corrected chi connectivity index (χ1v) is 14.9. The van der Waals surface area contributed by atoms with Crippen LogP contribution in [0.4, 0.5) is 17.6 Å². The maximum absolute atomic E-state index is 16.0. The number of benzene rings is 3. The molecule has 0 saturated heterocycles. The number of rotatable bonds is 10. The summed E-state index contributed by atoms with van der Waals surface area (Å²) in [6.45, 7) is 6.16. The summed E-state index contributed by atoms with van der Waals surface area (Å²) in [4.78, 5) is 12.0. The second kappa shape index (κ2) is 12.3. The molecule has 0 fully saturated rings. The van der Waals surface area contributed by atoms with Gasteiger partial charge >= 0.3 is 5.97 Å². The van der Waals surface area contributed by atoms with E-state index in [1.165, 1.54) is 19.2 Å². The molecule has 2 aliphatic rings. The van der Waals surface area contributed by atoms with Gasteiger partial charge in [-0.1, -0.05) is 39.0 Å². The molecule has 0 spiro atoms. The Morgan fingerprint density at radius 1 is 1.05 bits per heavy atom. The van der Waals surface area contributed by atoms with Gasteiger partial charge in [0, 0.05) is 29.0 Å². The fraction of sp³-hybridized carbons (Fsp3) is 0.400. The van der Waals surface area contributed by atoms with E-state index in [2.05, 4.69) is 25.2 Å². The molecule has 0 amide bonds. The second-order valence-electron chi connectivity index (χ2n) is 12.1. The van der Waals surface area contributed by atoms with Crippen molar-refractivity contribution in [1.82, 2.24) is 5.32 Å². The zero-order chi connectivity index (χ0) is 31.8. The first-order valence-electron chi connectivity index (χ1n) is 14.9. The molecule has 5 rings (SSSR count). The lowest BCUT2D eigenvalue weighted by Gasteiger charge is -2.35. The highest BCUT2D eigenvalue weighted by Gasteiger charge is 2.46. The zero-order valence-electron chi connectivity index (χ0n) is 25.3. The molecule has 0 aliphatic heterocycles. The Morgan fingerprint density at radius 3 is 2.48 bits per heavy atom. The van der Waals surface area contributed by atoms with Gasteiger partial charge in [-0.3, -0.25) is 4.79 Å². The van der Waals surface area contributed by atoms with Gasteiger partial charge in [0.2, 0.25) is 0 Å². The molecule has 9 heteroatoms. The Bertz CT molecular complexity index is 1600. The highest BCUT2D eigenvalue weighted by atomic mass is 19.3. The third-order valence-corrected chi connectivity index (χ3v) is 8.85. The van der Waals surface area contributed by atoms with Gasteiger partial charge in [0.25, 0.3) is 5.92 Å². The summed E-state index contributed by atoms with van der Waals surface area (Å²) < 4.78 is 72.1. The van der Waals surface area contributed by atoms with Crippen molar-refractivity contribution in [2.75, 3.05) is 13.7 Å². The number of hydrogen-bond acceptors (Lipinski definition) is 4.